The third-order valence-electron chi connectivity index (χ3n) is 4.82. The molecule has 1 aliphatic carbocycles. The van der Waals surface area contributed by atoms with Crippen LogP contribution in [-0.2, 0) is 11.2 Å². The van der Waals surface area contributed by atoms with Crippen molar-refractivity contribution in [3.8, 4) is 0 Å². The number of hydrogen-bond acceptors (Lipinski definition) is 2. The molecule has 3 unspecified atom stereocenters. The zero-order valence-electron chi connectivity index (χ0n) is 13.8. The maximum atomic E-state index is 12.4. The summed E-state index contributed by atoms with van der Waals surface area (Å²) < 4.78 is 0. The highest BCUT2D eigenvalue weighted by Gasteiger charge is 2.40. The fourth-order valence-electron chi connectivity index (χ4n) is 3.18. The van der Waals surface area contributed by atoms with E-state index < -0.39 is 0 Å². The van der Waals surface area contributed by atoms with Crippen LogP contribution in [0.5, 0.6) is 0 Å². The number of amides is 1. The Balaban J connectivity index is 1.63. The van der Waals surface area contributed by atoms with Gasteiger partial charge in [-0.2, -0.15) is 0 Å². The number of halogens is 1. The Hall–Kier alpha value is -2.00. The molecule has 3 rings (SSSR count). The Labute approximate surface area is 148 Å². The molecule has 3 atom stereocenters. The first-order valence-electron chi connectivity index (χ1n) is 8.43. The summed E-state index contributed by atoms with van der Waals surface area (Å²) in [6.45, 7) is 2.23. The molecule has 1 saturated carbocycles. The zero-order chi connectivity index (χ0) is 17.1. The van der Waals surface area contributed by atoms with Gasteiger partial charge in [-0.05, 0) is 54.0 Å². The molecule has 126 valence electrons. The SMILES string of the molecule is CC1CC1C(NC(=O)CCc1ccccc1N)c1ccc(Cl)cc1. The minimum absolute atomic E-state index is 0.0669. The average molecular weight is 343 g/mol. The molecule has 4 heteroatoms. The van der Waals surface area contributed by atoms with E-state index in [2.05, 4.69) is 12.2 Å². The van der Waals surface area contributed by atoms with Crippen molar-refractivity contribution in [2.75, 3.05) is 5.73 Å². The molecule has 0 aromatic heterocycles. The fourth-order valence-corrected chi connectivity index (χ4v) is 3.30. The molecule has 1 aliphatic rings. The number of hydrogen-bond donors (Lipinski definition) is 2. The Morgan fingerprint density at radius 3 is 2.54 bits per heavy atom. The lowest BCUT2D eigenvalue weighted by molar-refractivity contribution is -0.122. The van der Waals surface area contributed by atoms with E-state index in [1.54, 1.807) is 0 Å². The number of anilines is 1. The van der Waals surface area contributed by atoms with Crippen molar-refractivity contribution in [2.24, 2.45) is 11.8 Å². The normalized spacial score (nSPS) is 20.4. The third-order valence-corrected chi connectivity index (χ3v) is 5.07. The Kier molecular flexibility index (Phi) is 5.10. The maximum Gasteiger partial charge on any atom is 0.220 e. The van der Waals surface area contributed by atoms with Gasteiger partial charge >= 0.3 is 0 Å². The highest BCUT2D eigenvalue weighted by atomic mass is 35.5. The predicted octanol–water partition coefficient (Wildman–Crippen LogP) is 4.37. The molecule has 0 heterocycles. The van der Waals surface area contributed by atoms with Crippen molar-refractivity contribution in [3.63, 3.8) is 0 Å². The van der Waals surface area contributed by atoms with Crippen LogP contribution in [0, 0.1) is 11.8 Å². The van der Waals surface area contributed by atoms with Gasteiger partial charge in [-0.1, -0.05) is 48.9 Å². The van der Waals surface area contributed by atoms with Crippen molar-refractivity contribution in [1.29, 1.82) is 0 Å². The molecule has 1 amide bonds. The van der Waals surface area contributed by atoms with E-state index in [0.717, 1.165) is 23.2 Å². The van der Waals surface area contributed by atoms with E-state index in [9.17, 15) is 4.79 Å². The number of nitrogens with two attached hydrogens (primary N) is 1. The number of nitrogen functional groups attached to an aromatic ring is 1. The van der Waals surface area contributed by atoms with Crippen molar-refractivity contribution >= 4 is 23.2 Å². The van der Waals surface area contributed by atoms with Crippen LogP contribution in [0.4, 0.5) is 5.69 Å². The molecule has 0 radical (unpaired) electrons. The summed E-state index contributed by atoms with van der Waals surface area (Å²) in [5, 5.41) is 3.93. The van der Waals surface area contributed by atoms with Gasteiger partial charge < -0.3 is 11.1 Å². The van der Waals surface area contributed by atoms with Crippen LogP contribution in [0.2, 0.25) is 5.02 Å². The molecule has 0 saturated heterocycles. The van der Waals surface area contributed by atoms with Crippen molar-refractivity contribution in [2.45, 2.75) is 32.2 Å². The third kappa shape index (κ3) is 4.09. The Morgan fingerprint density at radius 2 is 1.92 bits per heavy atom. The molecule has 0 aliphatic heterocycles. The largest absolute Gasteiger partial charge is 0.399 e. The molecule has 3 N–H and O–H groups in total. The van der Waals surface area contributed by atoms with Crippen molar-refractivity contribution < 1.29 is 4.79 Å². The molecule has 2 aromatic carbocycles. The topological polar surface area (TPSA) is 55.1 Å². The number of nitrogens with one attached hydrogen (secondary N) is 1. The molecular weight excluding hydrogens is 320 g/mol. The van der Waals surface area contributed by atoms with Crippen LogP contribution < -0.4 is 11.1 Å². The van der Waals surface area contributed by atoms with Gasteiger partial charge in [0.25, 0.3) is 0 Å². The molecule has 3 nitrogen and oxygen atoms in total. The summed E-state index contributed by atoms with van der Waals surface area (Å²) in [6.07, 6.45) is 2.25. The first kappa shape index (κ1) is 16.8. The monoisotopic (exact) mass is 342 g/mol. The van der Waals surface area contributed by atoms with Crippen LogP contribution in [-0.4, -0.2) is 5.91 Å². The lowest BCUT2D eigenvalue weighted by Crippen LogP contribution is -2.30. The number of rotatable bonds is 6. The molecule has 0 spiro atoms. The minimum atomic E-state index is 0.0669. The number of carbonyl (C=O) groups is 1. The van der Waals surface area contributed by atoms with E-state index in [1.807, 2.05) is 48.5 Å². The van der Waals surface area contributed by atoms with Gasteiger partial charge in [0.1, 0.15) is 0 Å². The minimum Gasteiger partial charge on any atom is -0.399 e. The number of para-hydroxylation sites is 1. The van der Waals surface area contributed by atoms with E-state index in [-0.39, 0.29) is 11.9 Å². The summed E-state index contributed by atoms with van der Waals surface area (Å²) in [7, 11) is 0. The zero-order valence-corrected chi connectivity index (χ0v) is 14.6. The Bertz CT molecular complexity index is 714. The van der Waals surface area contributed by atoms with Gasteiger partial charge in [0.15, 0.2) is 0 Å². The van der Waals surface area contributed by atoms with E-state index in [0.29, 0.717) is 29.7 Å². The maximum absolute atomic E-state index is 12.4. The number of aryl methyl sites for hydroxylation is 1. The second-order valence-corrected chi connectivity index (χ2v) is 7.11. The van der Waals surface area contributed by atoms with Crippen LogP contribution in [0.3, 0.4) is 0 Å². The first-order valence-corrected chi connectivity index (χ1v) is 8.80. The lowest BCUT2D eigenvalue weighted by atomic mass is 10.0. The van der Waals surface area contributed by atoms with Gasteiger partial charge in [0.05, 0.1) is 6.04 Å². The number of benzene rings is 2. The van der Waals surface area contributed by atoms with Gasteiger partial charge in [-0.15, -0.1) is 0 Å². The van der Waals surface area contributed by atoms with Gasteiger partial charge in [0, 0.05) is 17.1 Å². The second kappa shape index (κ2) is 7.27. The highest BCUT2D eigenvalue weighted by molar-refractivity contribution is 6.30. The first-order chi connectivity index (χ1) is 11.5. The molecule has 24 heavy (non-hydrogen) atoms. The van der Waals surface area contributed by atoms with Gasteiger partial charge in [-0.25, -0.2) is 0 Å². The lowest BCUT2D eigenvalue weighted by Gasteiger charge is -2.20. The van der Waals surface area contributed by atoms with Crippen LogP contribution >= 0.6 is 11.6 Å². The van der Waals surface area contributed by atoms with Crippen molar-refractivity contribution in [3.05, 3.63) is 64.7 Å². The Morgan fingerprint density at radius 1 is 1.25 bits per heavy atom. The smallest absolute Gasteiger partial charge is 0.220 e. The quantitative estimate of drug-likeness (QED) is 0.766. The van der Waals surface area contributed by atoms with E-state index in [4.69, 9.17) is 17.3 Å². The standard InChI is InChI=1S/C20H23ClN2O/c1-13-12-17(13)20(15-6-9-16(21)10-7-15)23-19(24)11-8-14-4-2-3-5-18(14)22/h2-7,9-10,13,17,20H,8,11-12,22H2,1H3,(H,23,24). The predicted molar refractivity (Wildman–Crippen MR) is 98.8 cm³/mol. The highest BCUT2D eigenvalue weighted by Crippen LogP contribution is 2.47. The molecular formula is C20H23ClN2O. The van der Waals surface area contributed by atoms with Gasteiger partial charge in [-0.3, -0.25) is 4.79 Å². The fraction of sp³-hybridized carbons (Fsp3) is 0.350. The van der Waals surface area contributed by atoms with E-state index in [1.165, 1.54) is 0 Å². The van der Waals surface area contributed by atoms with Crippen LogP contribution in [0.25, 0.3) is 0 Å². The molecule has 2 aromatic rings. The van der Waals surface area contributed by atoms with Crippen molar-refractivity contribution in [1.82, 2.24) is 5.32 Å². The second-order valence-electron chi connectivity index (χ2n) is 6.67. The summed E-state index contributed by atoms with van der Waals surface area (Å²) in [5.41, 5.74) is 8.84. The summed E-state index contributed by atoms with van der Waals surface area (Å²) in [6, 6.07) is 15.5. The molecule has 0 bridgehead atoms. The molecule has 1 fully saturated rings. The van der Waals surface area contributed by atoms with Gasteiger partial charge in [0.2, 0.25) is 5.91 Å². The van der Waals surface area contributed by atoms with Crippen LogP contribution in [0.15, 0.2) is 48.5 Å². The summed E-state index contributed by atoms with van der Waals surface area (Å²) in [4.78, 5) is 12.4. The average Bonchev–Trinajstić information content (AvgIpc) is 3.29. The number of carbonyl (C=O) groups excluding carboxylic acids is 1. The summed E-state index contributed by atoms with van der Waals surface area (Å²) in [5.74, 6) is 1.23. The summed E-state index contributed by atoms with van der Waals surface area (Å²) >= 11 is 5.98. The van der Waals surface area contributed by atoms with E-state index >= 15 is 0 Å². The van der Waals surface area contributed by atoms with Crippen LogP contribution in [0.1, 0.15) is 36.9 Å².